The van der Waals surface area contributed by atoms with Gasteiger partial charge in [0, 0.05) is 25.6 Å². The first-order chi connectivity index (χ1) is 14.1. The van der Waals surface area contributed by atoms with E-state index in [0.717, 1.165) is 22.0 Å². The molecule has 2 aromatic rings. The molecule has 2 aromatic carbocycles. The number of hydrogen-bond acceptors (Lipinski definition) is 3. The van der Waals surface area contributed by atoms with Gasteiger partial charge in [-0.25, -0.2) is 8.42 Å². The third-order valence-electron chi connectivity index (χ3n) is 5.02. The number of halogens is 4. The Kier molecular flexibility index (Phi) is 6.74. The molecule has 1 fully saturated rings. The molecular weight excluding hydrogens is 441 g/mol. The average Bonchev–Trinajstić information content (AvgIpc) is 2.72. The molecule has 1 N–H and O–H groups in total. The number of carbonyl (C=O) groups excluding carboxylic acids is 1. The van der Waals surface area contributed by atoms with E-state index in [9.17, 15) is 26.4 Å². The van der Waals surface area contributed by atoms with E-state index in [2.05, 4.69) is 5.32 Å². The van der Waals surface area contributed by atoms with E-state index in [1.807, 2.05) is 30.3 Å². The zero-order valence-corrected chi connectivity index (χ0v) is 17.4. The summed E-state index contributed by atoms with van der Waals surface area (Å²) in [6.07, 6.45) is -4.18. The van der Waals surface area contributed by atoms with Gasteiger partial charge in [-0.3, -0.25) is 4.79 Å². The fourth-order valence-electron chi connectivity index (χ4n) is 3.32. The van der Waals surface area contributed by atoms with Gasteiger partial charge in [0.25, 0.3) is 0 Å². The minimum Gasteiger partial charge on any atom is -0.352 e. The maximum Gasteiger partial charge on any atom is 0.417 e. The number of piperidine rings is 1. The van der Waals surface area contributed by atoms with Gasteiger partial charge in [-0.1, -0.05) is 41.9 Å². The average molecular weight is 461 g/mol. The smallest absolute Gasteiger partial charge is 0.352 e. The van der Waals surface area contributed by atoms with Gasteiger partial charge < -0.3 is 5.32 Å². The largest absolute Gasteiger partial charge is 0.417 e. The van der Waals surface area contributed by atoms with Gasteiger partial charge >= 0.3 is 6.18 Å². The summed E-state index contributed by atoms with van der Waals surface area (Å²) < 4.78 is 65.8. The van der Waals surface area contributed by atoms with Gasteiger partial charge in [-0.05, 0) is 36.6 Å². The number of amides is 1. The molecule has 10 heteroatoms. The number of nitrogens with one attached hydrogen (secondary N) is 1. The highest BCUT2D eigenvalue weighted by Gasteiger charge is 2.37. The van der Waals surface area contributed by atoms with Crippen molar-refractivity contribution >= 4 is 27.5 Å². The predicted octanol–water partition coefficient (Wildman–Crippen LogP) is 4.08. The molecule has 0 unspecified atom stereocenters. The van der Waals surface area contributed by atoms with Crippen LogP contribution in [-0.4, -0.2) is 31.7 Å². The first kappa shape index (κ1) is 22.6. The molecular formula is C20H20ClF3N2O3S. The van der Waals surface area contributed by atoms with Crippen LogP contribution >= 0.6 is 11.6 Å². The van der Waals surface area contributed by atoms with Crippen molar-refractivity contribution in [1.82, 2.24) is 9.62 Å². The standard InChI is InChI=1S/C20H20ClF3N2O3S/c21-18-7-6-16(12-17(18)20(22,23)24)30(28,29)26-10-8-15(9-11-26)19(27)25-13-14-4-2-1-3-5-14/h1-7,12,15H,8-11,13H2,(H,25,27). The molecule has 1 aliphatic rings. The van der Waals surface area contributed by atoms with Crippen LogP contribution < -0.4 is 5.32 Å². The van der Waals surface area contributed by atoms with Gasteiger partial charge in [0.2, 0.25) is 15.9 Å². The molecule has 1 amide bonds. The maximum atomic E-state index is 13.1. The molecule has 0 spiro atoms. The zero-order valence-electron chi connectivity index (χ0n) is 15.8. The molecule has 5 nitrogen and oxygen atoms in total. The van der Waals surface area contributed by atoms with Crippen LogP contribution in [0.25, 0.3) is 0 Å². The Labute approximate surface area is 177 Å². The quantitative estimate of drug-likeness (QED) is 0.731. The number of nitrogens with zero attached hydrogens (tertiary/aromatic N) is 1. The Hall–Kier alpha value is -2.10. The van der Waals surface area contributed by atoms with Crippen LogP contribution in [0.5, 0.6) is 0 Å². The lowest BCUT2D eigenvalue weighted by atomic mass is 9.97. The van der Waals surface area contributed by atoms with E-state index in [1.165, 1.54) is 0 Å². The minimum atomic E-state index is -4.76. The van der Waals surface area contributed by atoms with E-state index in [4.69, 9.17) is 11.6 Å². The van der Waals surface area contributed by atoms with Gasteiger partial charge in [-0.15, -0.1) is 0 Å². The van der Waals surface area contributed by atoms with E-state index in [1.54, 1.807) is 0 Å². The lowest BCUT2D eigenvalue weighted by Crippen LogP contribution is -2.42. The summed E-state index contributed by atoms with van der Waals surface area (Å²) in [6, 6.07) is 11.9. The first-order valence-corrected chi connectivity index (χ1v) is 11.1. The third kappa shape index (κ3) is 5.14. The number of benzene rings is 2. The SMILES string of the molecule is O=C(NCc1ccccc1)C1CCN(S(=O)(=O)c2ccc(Cl)c(C(F)(F)F)c2)CC1. The van der Waals surface area contributed by atoms with Crippen molar-refractivity contribution in [3.8, 4) is 0 Å². The van der Waals surface area contributed by atoms with Crippen LogP contribution in [0.2, 0.25) is 5.02 Å². The summed E-state index contributed by atoms with van der Waals surface area (Å²) in [5, 5.41) is 2.28. The summed E-state index contributed by atoms with van der Waals surface area (Å²) in [6.45, 7) is 0.481. The van der Waals surface area contributed by atoms with Crippen molar-refractivity contribution in [3.63, 3.8) is 0 Å². The molecule has 0 aliphatic carbocycles. The summed E-state index contributed by atoms with van der Waals surface area (Å²) in [5.74, 6) is -0.516. The van der Waals surface area contributed by atoms with E-state index >= 15 is 0 Å². The fourth-order valence-corrected chi connectivity index (χ4v) is 5.04. The molecule has 1 aliphatic heterocycles. The van der Waals surface area contributed by atoms with Crippen LogP contribution in [0.3, 0.4) is 0 Å². The zero-order chi connectivity index (χ0) is 21.9. The summed E-state index contributed by atoms with van der Waals surface area (Å²) in [5.41, 5.74) is -0.241. The molecule has 0 aromatic heterocycles. The van der Waals surface area contributed by atoms with Crippen molar-refractivity contribution in [2.75, 3.05) is 13.1 Å². The maximum absolute atomic E-state index is 13.1. The van der Waals surface area contributed by atoms with Crippen LogP contribution in [0.15, 0.2) is 53.4 Å². The first-order valence-electron chi connectivity index (χ1n) is 9.27. The molecule has 0 saturated carbocycles. The predicted molar refractivity (Wildman–Crippen MR) is 106 cm³/mol. The van der Waals surface area contributed by atoms with Crippen molar-refractivity contribution in [1.29, 1.82) is 0 Å². The van der Waals surface area contributed by atoms with Gasteiger partial charge in [0.15, 0.2) is 0 Å². The number of carbonyl (C=O) groups is 1. The lowest BCUT2D eigenvalue weighted by Gasteiger charge is -2.30. The monoisotopic (exact) mass is 460 g/mol. The Morgan fingerprint density at radius 2 is 1.73 bits per heavy atom. The second kappa shape index (κ2) is 8.95. The Morgan fingerprint density at radius 1 is 1.10 bits per heavy atom. The van der Waals surface area contributed by atoms with E-state index < -0.39 is 31.7 Å². The van der Waals surface area contributed by atoms with E-state index in [-0.39, 0.29) is 24.9 Å². The Balaban J connectivity index is 1.63. The van der Waals surface area contributed by atoms with E-state index in [0.29, 0.717) is 25.5 Å². The highest BCUT2D eigenvalue weighted by Crippen LogP contribution is 2.36. The molecule has 1 saturated heterocycles. The second-order valence-electron chi connectivity index (χ2n) is 7.02. The number of sulfonamides is 1. The van der Waals surface area contributed by atoms with Gasteiger partial charge in [0.05, 0.1) is 15.5 Å². The molecule has 162 valence electrons. The van der Waals surface area contributed by atoms with Gasteiger partial charge in [0.1, 0.15) is 0 Å². The summed E-state index contributed by atoms with van der Waals surface area (Å²) in [7, 11) is -4.12. The van der Waals surface area contributed by atoms with Gasteiger partial charge in [-0.2, -0.15) is 17.5 Å². The van der Waals surface area contributed by atoms with Crippen LogP contribution in [0.1, 0.15) is 24.0 Å². The minimum absolute atomic E-state index is 0.0513. The molecule has 30 heavy (non-hydrogen) atoms. The topological polar surface area (TPSA) is 66.5 Å². The van der Waals surface area contributed by atoms with Crippen molar-refractivity contribution in [3.05, 3.63) is 64.7 Å². The third-order valence-corrected chi connectivity index (χ3v) is 7.24. The van der Waals surface area contributed by atoms with Crippen molar-refractivity contribution in [2.45, 2.75) is 30.5 Å². The van der Waals surface area contributed by atoms with Crippen LogP contribution in [0, 0.1) is 5.92 Å². The highest BCUT2D eigenvalue weighted by molar-refractivity contribution is 7.89. The van der Waals surface area contributed by atoms with Crippen LogP contribution in [-0.2, 0) is 27.5 Å². The number of hydrogen-bond donors (Lipinski definition) is 1. The Morgan fingerprint density at radius 3 is 2.33 bits per heavy atom. The normalized spacial score (nSPS) is 16.4. The second-order valence-corrected chi connectivity index (χ2v) is 9.37. The number of alkyl halides is 3. The fraction of sp³-hybridized carbons (Fsp3) is 0.350. The summed E-state index contributed by atoms with van der Waals surface area (Å²) in [4.78, 5) is 11.9. The van der Waals surface area contributed by atoms with Crippen molar-refractivity contribution in [2.24, 2.45) is 5.92 Å². The highest BCUT2D eigenvalue weighted by atomic mass is 35.5. The molecule has 3 rings (SSSR count). The molecule has 0 radical (unpaired) electrons. The Bertz CT molecular complexity index is 1010. The molecule has 0 bridgehead atoms. The molecule has 0 atom stereocenters. The van der Waals surface area contributed by atoms with Crippen molar-refractivity contribution < 1.29 is 26.4 Å². The summed E-state index contributed by atoms with van der Waals surface area (Å²) >= 11 is 5.57. The molecule has 1 heterocycles. The van der Waals surface area contributed by atoms with Crippen LogP contribution in [0.4, 0.5) is 13.2 Å². The number of rotatable bonds is 5. The lowest BCUT2D eigenvalue weighted by molar-refractivity contribution is -0.137.